The smallest absolute Gasteiger partial charge is 0.229 e. The van der Waals surface area contributed by atoms with Crippen LogP contribution in [0.3, 0.4) is 0 Å². The van der Waals surface area contributed by atoms with Crippen LogP contribution in [0.15, 0.2) is 24.5 Å². The molecular formula is C10H8FN3O. The molecule has 0 aliphatic heterocycles. The van der Waals surface area contributed by atoms with Gasteiger partial charge in [0.1, 0.15) is 12.1 Å². The first-order valence-corrected chi connectivity index (χ1v) is 4.34. The lowest BCUT2D eigenvalue weighted by atomic mass is 10.1. The second-order valence-corrected chi connectivity index (χ2v) is 3.18. The number of aromatic nitrogens is 3. The summed E-state index contributed by atoms with van der Waals surface area (Å²) >= 11 is 0. The maximum absolute atomic E-state index is 13.0. The van der Waals surface area contributed by atoms with E-state index in [9.17, 15) is 9.18 Å². The summed E-state index contributed by atoms with van der Waals surface area (Å²) in [5.41, 5.74) is 0.960. The van der Waals surface area contributed by atoms with Gasteiger partial charge in [0, 0.05) is 5.56 Å². The molecule has 2 rings (SSSR count). The van der Waals surface area contributed by atoms with Crippen molar-refractivity contribution in [1.29, 1.82) is 0 Å². The number of halogens is 1. The molecule has 1 N–H and O–H groups in total. The quantitative estimate of drug-likeness (QED) is 0.755. The number of aryl methyl sites for hydroxylation is 1. The lowest BCUT2D eigenvalue weighted by molar-refractivity contribution is 0.102. The maximum Gasteiger partial charge on any atom is 0.229 e. The molecule has 1 heterocycles. The van der Waals surface area contributed by atoms with Crippen LogP contribution in [0.1, 0.15) is 21.7 Å². The normalized spacial score (nSPS) is 10.3. The molecule has 5 heteroatoms. The van der Waals surface area contributed by atoms with E-state index in [0.717, 1.165) is 0 Å². The molecule has 0 fully saturated rings. The number of benzene rings is 1. The lowest BCUT2D eigenvalue weighted by Crippen LogP contribution is -2.04. The fraction of sp³-hybridized carbons (Fsp3) is 0.100. The third kappa shape index (κ3) is 1.90. The van der Waals surface area contributed by atoms with Gasteiger partial charge in [-0.2, -0.15) is 5.10 Å². The standard InChI is InChI=1S/C10H8FN3O/c1-6-2-7(4-8(11)3-6)9(15)10-12-5-13-14-10/h2-5H,1H3,(H,12,13,14). The zero-order chi connectivity index (χ0) is 10.8. The van der Waals surface area contributed by atoms with Gasteiger partial charge in [-0.1, -0.05) is 0 Å². The van der Waals surface area contributed by atoms with Gasteiger partial charge in [0.2, 0.25) is 5.78 Å². The molecule has 0 bridgehead atoms. The van der Waals surface area contributed by atoms with Crippen LogP contribution in [-0.2, 0) is 0 Å². The van der Waals surface area contributed by atoms with E-state index in [4.69, 9.17) is 0 Å². The molecule has 1 aromatic carbocycles. The van der Waals surface area contributed by atoms with Crippen molar-refractivity contribution in [3.8, 4) is 0 Å². The van der Waals surface area contributed by atoms with Crippen LogP contribution >= 0.6 is 0 Å². The number of hydrogen-bond acceptors (Lipinski definition) is 3. The number of nitrogens with one attached hydrogen (secondary N) is 1. The van der Waals surface area contributed by atoms with Crippen molar-refractivity contribution in [3.05, 3.63) is 47.3 Å². The number of aromatic amines is 1. The highest BCUT2D eigenvalue weighted by atomic mass is 19.1. The highest BCUT2D eigenvalue weighted by molar-refractivity contribution is 6.06. The molecule has 0 spiro atoms. The third-order valence-electron chi connectivity index (χ3n) is 1.93. The number of carbonyl (C=O) groups is 1. The minimum Gasteiger partial charge on any atom is -0.285 e. The van der Waals surface area contributed by atoms with Crippen LogP contribution in [-0.4, -0.2) is 21.0 Å². The lowest BCUT2D eigenvalue weighted by Gasteiger charge is -1.99. The second kappa shape index (κ2) is 3.61. The average molecular weight is 205 g/mol. The Labute approximate surface area is 85.2 Å². The Balaban J connectivity index is 2.42. The Bertz CT molecular complexity index is 473. The Morgan fingerprint density at radius 3 is 2.80 bits per heavy atom. The first kappa shape index (κ1) is 9.51. The SMILES string of the molecule is Cc1cc(F)cc(C(=O)c2ncn[nH]2)c1. The van der Waals surface area contributed by atoms with Crippen LogP contribution in [0, 0.1) is 12.7 Å². The molecule has 0 aliphatic rings. The van der Waals surface area contributed by atoms with Gasteiger partial charge in [-0.25, -0.2) is 9.37 Å². The summed E-state index contributed by atoms with van der Waals surface area (Å²) in [4.78, 5) is 15.4. The Morgan fingerprint density at radius 2 is 2.20 bits per heavy atom. The summed E-state index contributed by atoms with van der Waals surface area (Å²) < 4.78 is 13.0. The number of ketones is 1. The molecule has 0 amide bonds. The number of H-pyrrole nitrogens is 1. The summed E-state index contributed by atoms with van der Waals surface area (Å²) in [7, 11) is 0. The van der Waals surface area contributed by atoms with Gasteiger partial charge in [0.25, 0.3) is 0 Å². The highest BCUT2D eigenvalue weighted by Gasteiger charge is 2.12. The van der Waals surface area contributed by atoms with Gasteiger partial charge in [-0.15, -0.1) is 0 Å². The zero-order valence-electron chi connectivity index (χ0n) is 7.99. The Kier molecular flexibility index (Phi) is 2.29. The molecule has 15 heavy (non-hydrogen) atoms. The zero-order valence-corrected chi connectivity index (χ0v) is 7.99. The van der Waals surface area contributed by atoms with E-state index >= 15 is 0 Å². The van der Waals surface area contributed by atoms with Crippen molar-refractivity contribution in [2.24, 2.45) is 0 Å². The summed E-state index contributed by atoms with van der Waals surface area (Å²) in [6.45, 7) is 1.72. The van der Waals surface area contributed by atoms with E-state index in [-0.39, 0.29) is 17.2 Å². The highest BCUT2D eigenvalue weighted by Crippen LogP contribution is 2.11. The molecular weight excluding hydrogens is 197 g/mol. The first-order valence-electron chi connectivity index (χ1n) is 4.34. The van der Waals surface area contributed by atoms with E-state index in [1.165, 1.54) is 18.5 Å². The first-order chi connectivity index (χ1) is 7.16. The van der Waals surface area contributed by atoms with Crippen molar-refractivity contribution >= 4 is 5.78 Å². The summed E-state index contributed by atoms with van der Waals surface area (Å²) in [6.07, 6.45) is 1.24. The van der Waals surface area contributed by atoms with E-state index < -0.39 is 5.82 Å². The van der Waals surface area contributed by atoms with Crippen LogP contribution in [0.25, 0.3) is 0 Å². The van der Waals surface area contributed by atoms with E-state index in [1.807, 2.05) is 0 Å². The van der Waals surface area contributed by atoms with Crippen LogP contribution in [0.2, 0.25) is 0 Å². The van der Waals surface area contributed by atoms with E-state index in [2.05, 4.69) is 15.2 Å². The minimum absolute atomic E-state index is 0.111. The van der Waals surface area contributed by atoms with Gasteiger partial charge in [0.05, 0.1) is 0 Å². The fourth-order valence-corrected chi connectivity index (χ4v) is 1.32. The van der Waals surface area contributed by atoms with Crippen molar-refractivity contribution in [2.45, 2.75) is 6.92 Å². The summed E-state index contributed by atoms with van der Waals surface area (Å²) in [5, 5.41) is 6.00. The van der Waals surface area contributed by atoms with Gasteiger partial charge < -0.3 is 0 Å². The number of hydrogen-bond donors (Lipinski definition) is 1. The average Bonchev–Trinajstić information content (AvgIpc) is 2.67. The summed E-state index contributed by atoms with van der Waals surface area (Å²) in [6, 6.07) is 4.14. The molecule has 2 aromatic rings. The van der Waals surface area contributed by atoms with Gasteiger partial charge in [-0.3, -0.25) is 9.89 Å². The molecule has 0 saturated heterocycles. The molecule has 4 nitrogen and oxygen atoms in total. The molecule has 0 aliphatic carbocycles. The molecule has 0 saturated carbocycles. The van der Waals surface area contributed by atoms with Crippen LogP contribution in [0.4, 0.5) is 4.39 Å². The van der Waals surface area contributed by atoms with Gasteiger partial charge in [-0.05, 0) is 30.7 Å². The molecule has 0 radical (unpaired) electrons. The fourth-order valence-electron chi connectivity index (χ4n) is 1.32. The largest absolute Gasteiger partial charge is 0.285 e. The van der Waals surface area contributed by atoms with Crippen molar-refractivity contribution in [2.75, 3.05) is 0 Å². The van der Waals surface area contributed by atoms with Crippen molar-refractivity contribution < 1.29 is 9.18 Å². The van der Waals surface area contributed by atoms with E-state index in [0.29, 0.717) is 5.56 Å². The second-order valence-electron chi connectivity index (χ2n) is 3.18. The Morgan fingerprint density at radius 1 is 1.40 bits per heavy atom. The van der Waals surface area contributed by atoms with Gasteiger partial charge >= 0.3 is 0 Å². The number of nitrogens with zero attached hydrogens (tertiary/aromatic N) is 2. The topological polar surface area (TPSA) is 58.6 Å². The minimum atomic E-state index is -0.433. The van der Waals surface area contributed by atoms with Crippen LogP contribution < -0.4 is 0 Å². The third-order valence-corrected chi connectivity index (χ3v) is 1.93. The maximum atomic E-state index is 13.0. The van der Waals surface area contributed by atoms with Crippen LogP contribution in [0.5, 0.6) is 0 Å². The number of carbonyl (C=O) groups excluding carboxylic acids is 1. The monoisotopic (exact) mass is 205 g/mol. The van der Waals surface area contributed by atoms with Gasteiger partial charge in [0.15, 0.2) is 5.82 Å². The van der Waals surface area contributed by atoms with E-state index in [1.54, 1.807) is 13.0 Å². The molecule has 1 aromatic heterocycles. The predicted molar refractivity (Wildman–Crippen MR) is 51.0 cm³/mol. The van der Waals surface area contributed by atoms with Crippen molar-refractivity contribution in [3.63, 3.8) is 0 Å². The molecule has 76 valence electrons. The summed E-state index contributed by atoms with van der Waals surface area (Å²) in [5.74, 6) is -0.687. The molecule has 0 atom stereocenters. The number of rotatable bonds is 2. The predicted octanol–water partition coefficient (Wildman–Crippen LogP) is 1.48. The molecule has 0 unspecified atom stereocenters. The Hall–Kier alpha value is -2.04. The van der Waals surface area contributed by atoms with Crippen molar-refractivity contribution in [1.82, 2.24) is 15.2 Å².